The lowest BCUT2D eigenvalue weighted by atomic mass is 10.1. The highest BCUT2D eigenvalue weighted by Crippen LogP contribution is 2.11. The van der Waals surface area contributed by atoms with Crippen LogP contribution < -0.4 is 10.6 Å². The Morgan fingerprint density at radius 2 is 1.82 bits per heavy atom. The van der Waals surface area contributed by atoms with Crippen molar-refractivity contribution in [1.29, 1.82) is 0 Å². The van der Waals surface area contributed by atoms with Gasteiger partial charge in [0.2, 0.25) is 0 Å². The number of aryl methyl sites for hydroxylation is 1. The molecule has 1 aliphatic rings. The van der Waals surface area contributed by atoms with Crippen molar-refractivity contribution in [2.24, 2.45) is 4.99 Å². The molecule has 0 saturated carbocycles. The second-order valence-corrected chi connectivity index (χ2v) is 7.29. The summed E-state index contributed by atoms with van der Waals surface area (Å²) in [6.07, 6.45) is 5.56. The first-order valence-electron chi connectivity index (χ1n) is 10.6. The Labute approximate surface area is 188 Å². The highest BCUT2D eigenvalue weighted by molar-refractivity contribution is 14.0. The van der Waals surface area contributed by atoms with E-state index in [4.69, 9.17) is 9.73 Å². The Balaban J connectivity index is 0.00000392. The van der Waals surface area contributed by atoms with E-state index < -0.39 is 0 Å². The molecule has 1 fully saturated rings. The molecule has 0 spiro atoms. The maximum atomic E-state index is 5.15. The van der Waals surface area contributed by atoms with Crippen LogP contribution in [0, 0.1) is 0 Å². The van der Waals surface area contributed by atoms with Gasteiger partial charge < -0.3 is 20.3 Å². The molecule has 160 valence electrons. The summed E-state index contributed by atoms with van der Waals surface area (Å²) >= 11 is 0. The van der Waals surface area contributed by atoms with Crippen molar-refractivity contribution < 1.29 is 4.74 Å². The monoisotopic (exact) mass is 502 g/mol. The summed E-state index contributed by atoms with van der Waals surface area (Å²) in [5.74, 6) is 0.959. The maximum Gasteiger partial charge on any atom is 0.191 e. The number of benzene rings is 1. The largest absolute Gasteiger partial charge is 0.385 e. The summed E-state index contributed by atoms with van der Waals surface area (Å²) in [6, 6.07) is 9.43. The molecule has 28 heavy (non-hydrogen) atoms. The smallest absolute Gasteiger partial charge is 0.191 e. The maximum absolute atomic E-state index is 5.15. The van der Waals surface area contributed by atoms with Crippen LogP contribution in [0.5, 0.6) is 0 Å². The van der Waals surface area contributed by atoms with Crippen molar-refractivity contribution in [3.8, 4) is 0 Å². The van der Waals surface area contributed by atoms with Gasteiger partial charge in [0, 0.05) is 52.5 Å². The fourth-order valence-electron chi connectivity index (χ4n) is 3.49. The minimum Gasteiger partial charge on any atom is -0.385 e. The Kier molecular flexibility index (Phi) is 13.5. The SMILES string of the molecule is CCNC(=NCCc1ccc(CC)cc1)NC1CCN(CCCOC)CC1.I. The van der Waals surface area contributed by atoms with E-state index in [1.54, 1.807) is 7.11 Å². The highest BCUT2D eigenvalue weighted by atomic mass is 127. The quantitative estimate of drug-likeness (QED) is 0.223. The van der Waals surface area contributed by atoms with Gasteiger partial charge in [-0.2, -0.15) is 0 Å². The van der Waals surface area contributed by atoms with Crippen LogP contribution in [0.1, 0.15) is 44.2 Å². The first kappa shape index (κ1) is 25.2. The number of methoxy groups -OCH3 is 1. The van der Waals surface area contributed by atoms with Crippen molar-refractivity contribution in [3.63, 3.8) is 0 Å². The number of ether oxygens (including phenoxy) is 1. The van der Waals surface area contributed by atoms with E-state index >= 15 is 0 Å². The van der Waals surface area contributed by atoms with Crippen LogP contribution in [0.3, 0.4) is 0 Å². The zero-order valence-electron chi connectivity index (χ0n) is 17.9. The van der Waals surface area contributed by atoms with Crippen molar-refractivity contribution in [2.75, 3.05) is 46.4 Å². The van der Waals surface area contributed by atoms with Gasteiger partial charge in [0.05, 0.1) is 0 Å². The highest BCUT2D eigenvalue weighted by Gasteiger charge is 2.19. The van der Waals surface area contributed by atoms with E-state index in [1.807, 2.05) is 0 Å². The Morgan fingerprint density at radius 3 is 2.43 bits per heavy atom. The van der Waals surface area contributed by atoms with E-state index in [9.17, 15) is 0 Å². The van der Waals surface area contributed by atoms with Crippen molar-refractivity contribution in [2.45, 2.75) is 52.0 Å². The van der Waals surface area contributed by atoms with E-state index in [0.29, 0.717) is 6.04 Å². The van der Waals surface area contributed by atoms with E-state index in [2.05, 4.69) is 53.6 Å². The molecule has 2 N–H and O–H groups in total. The summed E-state index contributed by atoms with van der Waals surface area (Å²) in [5, 5.41) is 7.03. The van der Waals surface area contributed by atoms with Gasteiger partial charge in [-0.05, 0) is 50.2 Å². The molecule has 0 atom stereocenters. The summed E-state index contributed by atoms with van der Waals surface area (Å²) in [7, 11) is 1.78. The second-order valence-electron chi connectivity index (χ2n) is 7.29. The average molecular weight is 502 g/mol. The van der Waals surface area contributed by atoms with Gasteiger partial charge in [-0.1, -0.05) is 31.2 Å². The third-order valence-electron chi connectivity index (χ3n) is 5.20. The predicted molar refractivity (Wildman–Crippen MR) is 130 cm³/mol. The zero-order valence-corrected chi connectivity index (χ0v) is 20.2. The molecule has 6 heteroatoms. The first-order chi connectivity index (χ1) is 13.2. The summed E-state index contributed by atoms with van der Waals surface area (Å²) in [6.45, 7) is 10.3. The zero-order chi connectivity index (χ0) is 19.3. The fourth-order valence-corrected chi connectivity index (χ4v) is 3.49. The third kappa shape index (κ3) is 9.56. The van der Waals surface area contributed by atoms with Crippen molar-refractivity contribution in [3.05, 3.63) is 35.4 Å². The second kappa shape index (κ2) is 15.0. The number of hydrogen-bond donors (Lipinski definition) is 2. The van der Waals surface area contributed by atoms with Crippen molar-refractivity contribution >= 4 is 29.9 Å². The van der Waals surface area contributed by atoms with Crippen LogP contribution in [-0.4, -0.2) is 63.3 Å². The van der Waals surface area contributed by atoms with Crippen LogP contribution in [0.2, 0.25) is 0 Å². The van der Waals surface area contributed by atoms with Gasteiger partial charge in [0.25, 0.3) is 0 Å². The summed E-state index contributed by atoms with van der Waals surface area (Å²) in [4.78, 5) is 7.33. The fraction of sp³-hybridized carbons (Fsp3) is 0.682. The number of piperidine rings is 1. The molecule has 0 radical (unpaired) electrons. The van der Waals surface area contributed by atoms with Crippen LogP contribution in [0.4, 0.5) is 0 Å². The number of halogens is 1. The van der Waals surface area contributed by atoms with Crippen LogP contribution in [0.15, 0.2) is 29.3 Å². The number of hydrogen-bond acceptors (Lipinski definition) is 3. The van der Waals surface area contributed by atoms with Gasteiger partial charge in [-0.3, -0.25) is 4.99 Å². The number of rotatable bonds is 10. The molecule has 1 aromatic carbocycles. The molecule has 0 bridgehead atoms. The standard InChI is InChI=1S/C22H38N4O.HI/c1-4-19-7-9-20(10-8-19)11-14-24-22(23-5-2)25-21-12-16-26(17-13-21)15-6-18-27-3;/h7-10,21H,4-6,11-18H2,1-3H3,(H2,23,24,25);1H. The number of nitrogens with one attached hydrogen (secondary N) is 2. The van der Waals surface area contributed by atoms with Crippen molar-refractivity contribution in [1.82, 2.24) is 15.5 Å². The third-order valence-corrected chi connectivity index (χ3v) is 5.20. The van der Waals surface area contributed by atoms with E-state index in [-0.39, 0.29) is 24.0 Å². The number of nitrogens with zero attached hydrogens (tertiary/aromatic N) is 2. The molecule has 2 rings (SSSR count). The summed E-state index contributed by atoms with van der Waals surface area (Å²) < 4.78 is 5.15. The van der Waals surface area contributed by atoms with Crippen LogP contribution >= 0.6 is 24.0 Å². The van der Waals surface area contributed by atoms with Crippen LogP contribution in [-0.2, 0) is 17.6 Å². The summed E-state index contributed by atoms with van der Waals surface area (Å²) in [5.41, 5.74) is 2.75. The number of guanidine groups is 1. The van der Waals surface area contributed by atoms with Gasteiger partial charge in [-0.25, -0.2) is 0 Å². The van der Waals surface area contributed by atoms with Gasteiger partial charge in [0.1, 0.15) is 0 Å². The van der Waals surface area contributed by atoms with E-state index in [1.165, 1.54) is 24.0 Å². The minimum atomic E-state index is 0. The molecule has 0 aliphatic carbocycles. The normalized spacial score (nSPS) is 15.9. The lowest BCUT2D eigenvalue weighted by molar-refractivity contribution is 0.155. The lowest BCUT2D eigenvalue weighted by Crippen LogP contribution is -2.49. The molecule has 1 heterocycles. The van der Waals surface area contributed by atoms with E-state index in [0.717, 1.165) is 64.6 Å². The average Bonchev–Trinajstić information content (AvgIpc) is 2.70. The number of aliphatic imine (C=N–C) groups is 1. The molecular formula is C22H39IN4O. The molecule has 1 aromatic rings. The molecule has 0 aromatic heterocycles. The Morgan fingerprint density at radius 1 is 1.14 bits per heavy atom. The molecule has 1 aliphatic heterocycles. The minimum absolute atomic E-state index is 0. The molecule has 1 saturated heterocycles. The van der Waals surface area contributed by atoms with Crippen LogP contribution in [0.25, 0.3) is 0 Å². The first-order valence-corrected chi connectivity index (χ1v) is 10.6. The molecule has 0 amide bonds. The van der Waals surface area contributed by atoms with Gasteiger partial charge in [0.15, 0.2) is 5.96 Å². The predicted octanol–water partition coefficient (Wildman–Crippen LogP) is 3.47. The van der Waals surface area contributed by atoms with Gasteiger partial charge in [-0.15, -0.1) is 24.0 Å². The molecule has 0 unspecified atom stereocenters. The Hall–Kier alpha value is -0.860. The molecular weight excluding hydrogens is 463 g/mol. The molecule has 5 nitrogen and oxygen atoms in total. The topological polar surface area (TPSA) is 48.9 Å². The Bertz CT molecular complexity index is 542. The number of likely N-dealkylation sites (tertiary alicyclic amines) is 1. The lowest BCUT2D eigenvalue weighted by Gasteiger charge is -2.33. The van der Waals surface area contributed by atoms with Gasteiger partial charge >= 0.3 is 0 Å².